The van der Waals surface area contributed by atoms with Gasteiger partial charge >= 0.3 is 0 Å². The smallest absolute Gasteiger partial charge is 0.268 e. The lowest BCUT2D eigenvalue weighted by Gasteiger charge is -2.33. The minimum absolute atomic E-state index is 0.0144. The highest BCUT2D eigenvalue weighted by Crippen LogP contribution is 2.31. The SMILES string of the molecule is CCN(C(=O)Cn1c(C(=O)NC2CCC(C(=O)NCCCCCCCC(=O)NCCOCCOCCOCCC(=O)NC(C(=O)N3C[C@@H](O)[C@H](C(=O)NCc4ccc(-c5scnc5C)cc4)C3)C(C)(C)C)CC2)cc2sccc21)c1cccc(C)c1. The topological polar surface area (TPSA) is 252 Å². The molecule has 468 valence electrons. The van der Waals surface area contributed by atoms with Crippen molar-refractivity contribution in [2.45, 2.75) is 143 Å². The average molecular weight is 1220 g/mol. The Balaban J connectivity index is 0.647. The molecule has 1 saturated carbocycles. The molecule has 6 N–H and O–H groups in total. The first kappa shape index (κ1) is 67.0. The fraction of sp³-hybridized carbons (Fsp3) is 0.562. The molecule has 3 atom stereocenters. The first-order valence-corrected chi connectivity index (χ1v) is 32.2. The van der Waals surface area contributed by atoms with Crippen molar-refractivity contribution >= 4 is 79.9 Å². The molecule has 0 spiro atoms. The van der Waals surface area contributed by atoms with Crippen molar-refractivity contribution in [1.82, 2.24) is 41.0 Å². The van der Waals surface area contributed by atoms with E-state index in [1.165, 1.54) is 4.90 Å². The van der Waals surface area contributed by atoms with Gasteiger partial charge in [0.1, 0.15) is 18.3 Å². The molecule has 1 aliphatic heterocycles. The second kappa shape index (κ2) is 33.5. The Labute approximate surface area is 513 Å². The van der Waals surface area contributed by atoms with E-state index in [0.29, 0.717) is 83.9 Å². The molecule has 1 unspecified atom stereocenters. The number of benzene rings is 2. The molecular weight excluding hydrogens is 1130 g/mol. The molecule has 2 aliphatic rings. The molecule has 3 aromatic heterocycles. The number of anilines is 1. The molecule has 0 radical (unpaired) electrons. The summed E-state index contributed by atoms with van der Waals surface area (Å²) >= 11 is 3.12. The molecule has 5 aromatic rings. The summed E-state index contributed by atoms with van der Waals surface area (Å²) in [7, 11) is 0. The van der Waals surface area contributed by atoms with Crippen LogP contribution in [-0.2, 0) is 56.1 Å². The van der Waals surface area contributed by atoms with Crippen LogP contribution in [-0.4, -0.2) is 151 Å². The van der Waals surface area contributed by atoms with E-state index in [4.69, 9.17) is 14.2 Å². The summed E-state index contributed by atoms with van der Waals surface area (Å²) in [5.41, 5.74) is 7.33. The standard InChI is InChI=1S/C64H89N9O11S2/c1-7-72(49-15-13-14-43(2)36-49)57(77)41-73-51-26-35-85-54(51)37-52(73)62(80)69-48-23-21-47(22-24-48)60(78)66-27-12-10-8-9-11-16-55(75)65-28-30-83-32-34-84-33-31-82-29-25-56(76)70-59(64(4,5)6)63(81)71-39-50(53(74)40-71)61(79)67-38-45-17-19-46(20-18-45)58-44(3)68-42-86-58/h13-15,17-20,26,35-37,42,47-48,50,53,59,74H,7-12,16,21-25,27-34,38-41H2,1-6H3,(H,65,75)(H,66,78)(H,67,79)(H,69,80)(H,70,76)/t47?,48?,50-,53-,59?/m1/s1. The summed E-state index contributed by atoms with van der Waals surface area (Å²) in [6.07, 6.45) is 6.74. The molecular formula is C64H89N9O11S2. The summed E-state index contributed by atoms with van der Waals surface area (Å²) in [5, 5.41) is 27.8. The van der Waals surface area contributed by atoms with Crippen LogP contribution in [0.25, 0.3) is 20.7 Å². The first-order chi connectivity index (χ1) is 41.4. The second-order valence-electron chi connectivity index (χ2n) is 23.5. The van der Waals surface area contributed by atoms with Gasteiger partial charge in [0.25, 0.3) is 5.91 Å². The predicted octanol–water partition coefficient (Wildman–Crippen LogP) is 7.46. The summed E-state index contributed by atoms with van der Waals surface area (Å²) < 4.78 is 19.5. The number of β-amino-alcohol motifs (C(OH)–C–C–N with tert-alkyl or cyclic N) is 1. The predicted molar refractivity (Wildman–Crippen MR) is 335 cm³/mol. The van der Waals surface area contributed by atoms with Crippen molar-refractivity contribution in [2.75, 3.05) is 77.3 Å². The van der Waals surface area contributed by atoms with E-state index in [2.05, 4.69) is 31.6 Å². The van der Waals surface area contributed by atoms with Gasteiger partial charge < -0.3 is 60.3 Å². The number of carbonyl (C=O) groups is 7. The van der Waals surface area contributed by atoms with Gasteiger partial charge in [0, 0.05) is 69.8 Å². The van der Waals surface area contributed by atoms with Crippen molar-refractivity contribution in [3.8, 4) is 10.4 Å². The fourth-order valence-electron chi connectivity index (χ4n) is 10.9. The van der Waals surface area contributed by atoms with Gasteiger partial charge in [-0.25, -0.2) is 4.98 Å². The number of aliphatic hydroxyl groups excluding tert-OH is 1. The normalized spacial score (nSPS) is 17.3. The van der Waals surface area contributed by atoms with Gasteiger partial charge in [-0.2, -0.15) is 0 Å². The number of aryl methyl sites for hydroxylation is 2. The Kier molecular flexibility index (Phi) is 26.1. The summed E-state index contributed by atoms with van der Waals surface area (Å²) in [6, 6.07) is 18.6. The molecule has 0 bridgehead atoms. The lowest BCUT2D eigenvalue weighted by atomic mass is 9.85. The van der Waals surface area contributed by atoms with Crippen LogP contribution < -0.4 is 31.5 Å². The highest BCUT2D eigenvalue weighted by Gasteiger charge is 2.43. The van der Waals surface area contributed by atoms with Crippen LogP contribution in [0.2, 0.25) is 0 Å². The minimum Gasteiger partial charge on any atom is -0.390 e. The molecule has 86 heavy (non-hydrogen) atoms. The number of nitrogens with one attached hydrogen (secondary N) is 5. The highest BCUT2D eigenvalue weighted by atomic mass is 32.1. The van der Waals surface area contributed by atoms with Crippen molar-refractivity contribution in [2.24, 2.45) is 17.3 Å². The van der Waals surface area contributed by atoms with Gasteiger partial charge in [-0.3, -0.25) is 33.6 Å². The van der Waals surface area contributed by atoms with Gasteiger partial charge in [-0.15, -0.1) is 22.7 Å². The number of likely N-dealkylation sites (tertiary alicyclic amines) is 1. The number of thiophene rings is 1. The number of amides is 7. The molecule has 20 nitrogen and oxygen atoms in total. The number of carbonyl (C=O) groups excluding carboxylic acids is 7. The highest BCUT2D eigenvalue weighted by molar-refractivity contribution is 7.17. The number of hydrogen-bond donors (Lipinski definition) is 6. The monoisotopic (exact) mass is 1220 g/mol. The number of fused-ring (bicyclic) bond motifs is 1. The maximum absolute atomic E-state index is 13.8. The Bertz CT molecular complexity index is 3020. The third kappa shape index (κ3) is 20.0. The average Bonchev–Trinajstić information content (AvgIpc) is 2.59. The zero-order valence-corrected chi connectivity index (χ0v) is 52.6. The Morgan fingerprint density at radius 1 is 0.756 bits per heavy atom. The largest absolute Gasteiger partial charge is 0.390 e. The number of nitrogens with zero attached hydrogens (tertiary/aromatic N) is 4. The Hall–Kier alpha value is -6.56. The molecule has 22 heteroatoms. The van der Waals surface area contributed by atoms with Gasteiger partial charge in [0.15, 0.2) is 0 Å². The van der Waals surface area contributed by atoms with E-state index in [-0.39, 0.29) is 99.1 Å². The number of aromatic nitrogens is 2. The van der Waals surface area contributed by atoms with E-state index in [1.54, 1.807) is 27.6 Å². The lowest BCUT2D eigenvalue weighted by molar-refractivity contribution is -0.139. The zero-order chi connectivity index (χ0) is 61.6. The van der Waals surface area contributed by atoms with Gasteiger partial charge in [-0.05, 0) is 111 Å². The molecule has 7 rings (SSSR count). The quantitative estimate of drug-likeness (QED) is 0.0224. The van der Waals surface area contributed by atoms with Crippen LogP contribution >= 0.6 is 22.7 Å². The van der Waals surface area contributed by atoms with Crippen LogP contribution in [0.1, 0.15) is 126 Å². The molecule has 4 heterocycles. The first-order valence-electron chi connectivity index (χ1n) is 30.5. The maximum atomic E-state index is 13.8. The van der Waals surface area contributed by atoms with Crippen molar-refractivity contribution in [3.63, 3.8) is 0 Å². The number of thiazole rings is 1. The third-order valence-electron chi connectivity index (χ3n) is 15.9. The summed E-state index contributed by atoms with van der Waals surface area (Å²) in [5.74, 6) is -2.19. The Morgan fingerprint density at radius 2 is 1.47 bits per heavy atom. The minimum atomic E-state index is -1.04. The summed E-state index contributed by atoms with van der Waals surface area (Å²) in [4.78, 5) is 101. The van der Waals surface area contributed by atoms with E-state index in [9.17, 15) is 38.7 Å². The summed E-state index contributed by atoms with van der Waals surface area (Å²) in [6.45, 7) is 15.1. The van der Waals surface area contributed by atoms with Crippen LogP contribution in [0.3, 0.4) is 0 Å². The van der Waals surface area contributed by atoms with Crippen LogP contribution in [0.15, 0.2) is 71.6 Å². The van der Waals surface area contributed by atoms with Crippen LogP contribution in [0.5, 0.6) is 0 Å². The van der Waals surface area contributed by atoms with E-state index >= 15 is 0 Å². The Morgan fingerprint density at radius 3 is 2.16 bits per heavy atom. The number of likely N-dealkylation sites (N-methyl/N-ethyl adjacent to an activating group) is 1. The van der Waals surface area contributed by atoms with Crippen molar-refractivity contribution < 1.29 is 52.9 Å². The molecule has 7 amide bonds. The fourth-order valence-corrected chi connectivity index (χ4v) is 12.6. The zero-order valence-electron chi connectivity index (χ0n) is 50.9. The van der Waals surface area contributed by atoms with Crippen molar-refractivity contribution in [1.29, 1.82) is 0 Å². The van der Waals surface area contributed by atoms with Gasteiger partial charge in [0.05, 0.1) is 78.0 Å². The molecule has 2 aromatic carbocycles. The van der Waals surface area contributed by atoms with Gasteiger partial charge in [-0.1, -0.05) is 76.4 Å². The number of ether oxygens (including phenoxy) is 3. The lowest BCUT2D eigenvalue weighted by Crippen LogP contribution is -2.54. The maximum Gasteiger partial charge on any atom is 0.268 e. The number of rotatable bonds is 33. The number of hydrogen-bond acceptors (Lipinski definition) is 14. The number of unbranched alkanes of at least 4 members (excludes halogenated alkanes) is 4. The van der Waals surface area contributed by atoms with Crippen LogP contribution in [0.4, 0.5) is 5.69 Å². The number of aliphatic hydroxyl groups is 1. The third-order valence-corrected chi connectivity index (χ3v) is 17.7. The molecule has 2 fully saturated rings. The van der Waals surface area contributed by atoms with E-state index < -0.39 is 23.5 Å². The van der Waals surface area contributed by atoms with Crippen molar-refractivity contribution in [3.05, 3.63) is 94.1 Å². The van der Waals surface area contributed by atoms with E-state index in [0.717, 1.165) is 75.3 Å². The van der Waals surface area contributed by atoms with Gasteiger partial charge in [0.2, 0.25) is 35.4 Å². The van der Waals surface area contributed by atoms with E-state index in [1.807, 2.05) is 118 Å². The molecule has 1 aliphatic carbocycles. The van der Waals surface area contributed by atoms with Crippen LogP contribution in [0, 0.1) is 31.1 Å². The second-order valence-corrected chi connectivity index (χ2v) is 25.3. The molecule has 1 saturated heterocycles.